The van der Waals surface area contributed by atoms with Crippen molar-refractivity contribution in [3.8, 4) is 0 Å². The summed E-state index contributed by atoms with van der Waals surface area (Å²) < 4.78 is 19.8. The van der Waals surface area contributed by atoms with Gasteiger partial charge in [-0.1, -0.05) is 15.9 Å². The van der Waals surface area contributed by atoms with Crippen LogP contribution in [0, 0.1) is 5.82 Å². The first-order valence-corrected chi connectivity index (χ1v) is 7.25. The van der Waals surface area contributed by atoms with Crippen LogP contribution in [0.25, 0.3) is 0 Å². The maximum absolute atomic E-state index is 13.3. The second-order valence-electron chi connectivity index (χ2n) is 4.73. The lowest BCUT2D eigenvalue weighted by Gasteiger charge is -2.32. The Balaban J connectivity index is 1.95. The van der Waals surface area contributed by atoms with Crippen molar-refractivity contribution >= 4 is 15.9 Å². The second-order valence-corrected chi connectivity index (χ2v) is 5.65. The minimum absolute atomic E-state index is 0.183. The predicted octanol–water partition coefficient (Wildman–Crippen LogP) is 3.59. The summed E-state index contributed by atoms with van der Waals surface area (Å²) in [5, 5.41) is 0. The molecule has 1 aromatic rings. The van der Waals surface area contributed by atoms with E-state index in [0.717, 1.165) is 49.1 Å². The molecule has 1 aromatic carbocycles. The van der Waals surface area contributed by atoms with Crippen LogP contribution in [0.15, 0.2) is 22.7 Å². The molecule has 0 amide bonds. The van der Waals surface area contributed by atoms with Gasteiger partial charge in [0.2, 0.25) is 0 Å². The highest BCUT2D eigenvalue weighted by Crippen LogP contribution is 2.19. The molecule has 1 unspecified atom stereocenters. The highest BCUT2D eigenvalue weighted by molar-refractivity contribution is 9.10. The summed E-state index contributed by atoms with van der Waals surface area (Å²) in [6, 6.07) is 5.07. The Kier molecular flexibility index (Phi) is 5.15. The van der Waals surface area contributed by atoms with Crippen molar-refractivity contribution in [1.82, 2.24) is 4.90 Å². The molecule has 1 heterocycles. The first-order valence-electron chi connectivity index (χ1n) is 6.46. The summed E-state index contributed by atoms with van der Waals surface area (Å²) in [4.78, 5) is 2.34. The minimum Gasteiger partial charge on any atom is -0.377 e. The third-order valence-electron chi connectivity index (χ3n) is 3.19. The lowest BCUT2D eigenvalue weighted by atomic mass is 10.1. The van der Waals surface area contributed by atoms with Crippen molar-refractivity contribution < 1.29 is 9.13 Å². The SMILES string of the molecule is CCOC1CCCN(Cc2cc(F)cc(Br)c2)C1. The van der Waals surface area contributed by atoms with Gasteiger partial charge in [-0.2, -0.15) is 0 Å². The van der Waals surface area contributed by atoms with Gasteiger partial charge in [-0.05, 0) is 50.1 Å². The average Bonchev–Trinajstić information content (AvgIpc) is 2.28. The molecular weight excluding hydrogens is 297 g/mol. The third-order valence-corrected chi connectivity index (χ3v) is 3.65. The van der Waals surface area contributed by atoms with Crippen LogP contribution in [-0.4, -0.2) is 30.7 Å². The topological polar surface area (TPSA) is 12.5 Å². The Morgan fingerprint density at radius 1 is 1.44 bits per heavy atom. The fourth-order valence-electron chi connectivity index (χ4n) is 2.49. The summed E-state index contributed by atoms with van der Waals surface area (Å²) >= 11 is 3.33. The zero-order valence-corrected chi connectivity index (χ0v) is 12.2. The quantitative estimate of drug-likeness (QED) is 0.842. The molecule has 4 heteroatoms. The number of rotatable bonds is 4. The lowest BCUT2D eigenvalue weighted by molar-refractivity contribution is 0.00361. The molecule has 1 fully saturated rings. The molecule has 0 bridgehead atoms. The molecule has 0 aromatic heterocycles. The molecule has 0 saturated carbocycles. The van der Waals surface area contributed by atoms with E-state index in [-0.39, 0.29) is 5.82 Å². The highest BCUT2D eigenvalue weighted by atomic mass is 79.9. The Morgan fingerprint density at radius 3 is 3.00 bits per heavy atom. The van der Waals surface area contributed by atoms with E-state index >= 15 is 0 Å². The highest BCUT2D eigenvalue weighted by Gasteiger charge is 2.20. The van der Waals surface area contributed by atoms with E-state index in [2.05, 4.69) is 20.8 Å². The van der Waals surface area contributed by atoms with Crippen molar-refractivity contribution in [2.75, 3.05) is 19.7 Å². The fourth-order valence-corrected chi connectivity index (χ4v) is 3.00. The summed E-state index contributed by atoms with van der Waals surface area (Å²) in [6.45, 7) is 5.60. The number of likely N-dealkylation sites (tertiary alicyclic amines) is 1. The number of hydrogen-bond acceptors (Lipinski definition) is 2. The first kappa shape index (κ1) is 14.0. The Bertz CT molecular complexity index is 377. The Morgan fingerprint density at radius 2 is 2.28 bits per heavy atom. The molecule has 0 aliphatic carbocycles. The largest absolute Gasteiger partial charge is 0.377 e. The van der Waals surface area contributed by atoms with Crippen LogP contribution in [0.5, 0.6) is 0 Å². The molecule has 2 nitrogen and oxygen atoms in total. The summed E-state index contributed by atoms with van der Waals surface area (Å²) in [6.07, 6.45) is 2.62. The molecule has 18 heavy (non-hydrogen) atoms. The van der Waals surface area contributed by atoms with Gasteiger partial charge in [0.15, 0.2) is 0 Å². The normalized spacial score (nSPS) is 21.2. The van der Waals surface area contributed by atoms with E-state index < -0.39 is 0 Å². The fraction of sp³-hybridized carbons (Fsp3) is 0.571. The maximum atomic E-state index is 13.3. The van der Waals surface area contributed by atoms with E-state index in [1.807, 2.05) is 13.0 Å². The van der Waals surface area contributed by atoms with Crippen molar-refractivity contribution in [1.29, 1.82) is 0 Å². The van der Waals surface area contributed by atoms with E-state index in [4.69, 9.17) is 4.74 Å². The average molecular weight is 316 g/mol. The lowest BCUT2D eigenvalue weighted by Crippen LogP contribution is -2.39. The van der Waals surface area contributed by atoms with Gasteiger partial charge in [0.25, 0.3) is 0 Å². The molecule has 100 valence electrons. The monoisotopic (exact) mass is 315 g/mol. The third kappa shape index (κ3) is 4.04. The van der Waals surface area contributed by atoms with Crippen molar-refractivity contribution in [3.05, 3.63) is 34.1 Å². The van der Waals surface area contributed by atoms with Gasteiger partial charge in [0.05, 0.1) is 6.10 Å². The molecular formula is C14H19BrFNO. The van der Waals surface area contributed by atoms with E-state index in [0.29, 0.717) is 6.10 Å². The standard InChI is InChI=1S/C14H19BrFNO/c1-2-18-14-4-3-5-17(10-14)9-11-6-12(15)8-13(16)7-11/h6-8,14H,2-5,9-10H2,1H3. The van der Waals surface area contributed by atoms with Gasteiger partial charge < -0.3 is 4.74 Å². The van der Waals surface area contributed by atoms with E-state index in [1.165, 1.54) is 6.07 Å². The van der Waals surface area contributed by atoms with Gasteiger partial charge in [0, 0.05) is 24.2 Å². The maximum Gasteiger partial charge on any atom is 0.124 e. The van der Waals surface area contributed by atoms with Crippen LogP contribution in [0.4, 0.5) is 4.39 Å². The smallest absolute Gasteiger partial charge is 0.124 e. The van der Waals surface area contributed by atoms with Crippen LogP contribution >= 0.6 is 15.9 Å². The van der Waals surface area contributed by atoms with Crippen molar-refractivity contribution in [2.24, 2.45) is 0 Å². The van der Waals surface area contributed by atoms with Crippen LogP contribution in [0.2, 0.25) is 0 Å². The predicted molar refractivity (Wildman–Crippen MR) is 74.0 cm³/mol. The zero-order chi connectivity index (χ0) is 13.0. The first-order chi connectivity index (χ1) is 8.67. The number of piperidine rings is 1. The molecule has 1 aliphatic rings. The molecule has 1 aliphatic heterocycles. The Labute approximate surface area is 116 Å². The molecule has 0 radical (unpaired) electrons. The van der Waals surface area contributed by atoms with Gasteiger partial charge in [-0.25, -0.2) is 4.39 Å². The van der Waals surface area contributed by atoms with Gasteiger partial charge in [-0.15, -0.1) is 0 Å². The van der Waals surface area contributed by atoms with E-state index in [1.54, 1.807) is 6.07 Å². The van der Waals surface area contributed by atoms with Gasteiger partial charge >= 0.3 is 0 Å². The summed E-state index contributed by atoms with van der Waals surface area (Å²) in [5.74, 6) is -0.183. The molecule has 1 atom stereocenters. The Hall–Kier alpha value is -0.450. The number of benzene rings is 1. The van der Waals surface area contributed by atoms with Gasteiger partial charge in [0.1, 0.15) is 5.82 Å². The number of ether oxygens (including phenoxy) is 1. The van der Waals surface area contributed by atoms with Crippen LogP contribution in [-0.2, 0) is 11.3 Å². The number of nitrogens with zero attached hydrogens (tertiary/aromatic N) is 1. The molecule has 1 saturated heterocycles. The second kappa shape index (κ2) is 6.64. The van der Waals surface area contributed by atoms with Crippen LogP contribution in [0.1, 0.15) is 25.3 Å². The summed E-state index contributed by atoms with van der Waals surface area (Å²) in [7, 11) is 0. The molecule has 0 spiro atoms. The van der Waals surface area contributed by atoms with Gasteiger partial charge in [-0.3, -0.25) is 4.90 Å². The van der Waals surface area contributed by atoms with Crippen molar-refractivity contribution in [2.45, 2.75) is 32.4 Å². The van der Waals surface area contributed by atoms with E-state index in [9.17, 15) is 4.39 Å². The van der Waals surface area contributed by atoms with Crippen LogP contribution < -0.4 is 0 Å². The molecule has 2 rings (SSSR count). The number of halogens is 2. The summed E-state index contributed by atoms with van der Waals surface area (Å²) in [5.41, 5.74) is 1.01. The van der Waals surface area contributed by atoms with Crippen LogP contribution in [0.3, 0.4) is 0 Å². The number of hydrogen-bond donors (Lipinski definition) is 0. The van der Waals surface area contributed by atoms with Crippen molar-refractivity contribution in [3.63, 3.8) is 0 Å². The minimum atomic E-state index is -0.183. The zero-order valence-electron chi connectivity index (χ0n) is 10.7. The molecule has 0 N–H and O–H groups in total.